The maximum absolute atomic E-state index is 12.3. The van der Waals surface area contributed by atoms with Gasteiger partial charge in [0.2, 0.25) is 5.91 Å². The molecule has 1 aromatic rings. The van der Waals surface area contributed by atoms with Gasteiger partial charge in [0.05, 0.1) is 11.4 Å². The van der Waals surface area contributed by atoms with E-state index in [0.29, 0.717) is 12.6 Å². The lowest BCUT2D eigenvalue weighted by atomic mass is 9.95. The lowest BCUT2D eigenvalue weighted by molar-refractivity contribution is -0.122. The van der Waals surface area contributed by atoms with Crippen LogP contribution in [0, 0.1) is 0 Å². The molecule has 1 fully saturated rings. The lowest BCUT2D eigenvalue weighted by Gasteiger charge is -2.30. The van der Waals surface area contributed by atoms with Crippen LogP contribution in [-0.4, -0.2) is 24.5 Å². The molecule has 102 valence electrons. The van der Waals surface area contributed by atoms with E-state index in [1.807, 2.05) is 24.3 Å². The van der Waals surface area contributed by atoms with Crippen molar-refractivity contribution >= 4 is 17.3 Å². The number of nitrogens with one attached hydrogen (secondary N) is 3. The van der Waals surface area contributed by atoms with E-state index in [-0.39, 0.29) is 11.9 Å². The SMILES string of the molecule is O=C(NC1CCCCC1)C1CNc2ccccc2N1. The molecule has 0 radical (unpaired) electrons. The van der Waals surface area contributed by atoms with Crippen molar-refractivity contribution in [1.29, 1.82) is 0 Å². The standard InChI is InChI=1S/C15H21N3O/c19-15(17-11-6-2-1-3-7-11)14-10-16-12-8-4-5-9-13(12)18-14/h4-5,8-9,11,14,16,18H,1-3,6-7,10H2,(H,17,19). The van der Waals surface area contributed by atoms with Gasteiger partial charge in [-0.2, -0.15) is 0 Å². The van der Waals surface area contributed by atoms with E-state index in [1.165, 1.54) is 19.3 Å². The average molecular weight is 259 g/mol. The molecule has 0 bridgehead atoms. The second kappa shape index (κ2) is 5.51. The van der Waals surface area contributed by atoms with Gasteiger partial charge >= 0.3 is 0 Å². The van der Waals surface area contributed by atoms with Crippen molar-refractivity contribution in [3.63, 3.8) is 0 Å². The number of amides is 1. The van der Waals surface area contributed by atoms with Gasteiger partial charge in [0.15, 0.2) is 0 Å². The molecule has 1 heterocycles. The fourth-order valence-electron chi connectivity index (χ4n) is 2.92. The first-order valence-corrected chi connectivity index (χ1v) is 7.23. The number of carbonyl (C=O) groups excluding carboxylic acids is 1. The van der Waals surface area contributed by atoms with Gasteiger partial charge in [-0.3, -0.25) is 4.79 Å². The van der Waals surface area contributed by atoms with Gasteiger partial charge in [-0.15, -0.1) is 0 Å². The molecule has 1 aliphatic heterocycles. The maximum atomic E-state index is 12.3. The topological polar surface area (TPSA) is 53.2 Å². The summed E-state index contributed by atoms with van der Waals surface area (Å²) < 4.78 is 0. The number of hydrogen-bond donors (Lipinski definition) is 3. The smallest absolute Gasteiger partial charge is 0.244 e. The van der Waals surface area contributed by atoms with Crippen molar-refractivity contribution in [2.75, 3.05) is 17.2 Å². The Kier molecular flexibility index (Phi) is 3.58. The summed E-state index contributed by atoms with van der Waals surface area (Å²) in [6.07, 6.45) is 6.04. The van der Waals surface area contributed by atoms with Crippen LogP contribution in [0.1, 0.15) is 32.1 Å². The van der Waals surface area contributed by atoms with Crippen LogP contribution in [-0.2, 0) is 4.79 Å². The Hall–Kier alpha value is -1.71. The summed E-state index contributed by atoms with van der Waals surface area (Å²) in [5, 5.41) is 9.80. The van der Waals surface area contributed by atoms with E-state index >= 15 is 0 Å². The Morgan fingerprint density at radius 1 is 1.11 bits per heavy atom. The van der Waals surface area contributed by atoms with Crippen molar-refractivity contribution < 1.29 is 4.79 Å². The molecule has 4 nitrogen and oxygen atoms in total. The van der Waals surface area contributed by atoms with Gasteiger partial charge in [0.1, 0.15) is 6.04 Å². The van der Waals surface area contributed by atoms with E-state index in [9.17, 15) is 4.79 Å². The number of carbonyl (C=O) groups is 1. The van der Waals surface area contributed by atoms with Crippen LogP contribution in [0.15, 0.2) is 24.3 Å². The fourth-order valence-corrected chi connectivity index (χ4v) is 2.92. The molecule has 4 heteroatoms. The molecule has 1 atom stereocenters. The summed E-state index contributed by atoms with van der Waals surface area (Å²) in [5.41, 5.74) is 2.08. The average Bonchev–Trinajstić information content (AvgIpc) is 2.48. The summed E-state index contributed by atoms with van der Waals surface area (Å²) in [5.74, 6) is 0.119. The summed E-state index contributed by atoms with van der Waals surface area (Å²) in [6, 6.07) is 8.21. The van der Waals surface area contributed by atoms with Gasteiger partial charge in [-0.05, 0) is 25.0 Å². The molecule has 1 aromatic carbocycles. The number of rotatable bonds is 2. The Labute approximate surface area is 114 Å². The van der Waals surface area contributed by atoms with Crippen molar-refractivity contribution in [3.8, 4) is 0 Å². The zero-order valence-corrected chi connectivity index (χ0v) is 11.1. The number of anilines is 2. The van der Waals surface area contributed by atoms with E-state index in [4.69, 9.17) is 0 Å². The van der Waals surface area contributed by atoms with Gasteiger partial charge in [-0.1, -0.05) is 31.4 Å². The lowest BCUT2D eigenvalue weighted by Crippen LogP contribution is -2.49. The van der Waals surface area contributed by atoms with E-state index in [0.717, 1.165) is 24.2 Å². The third-order valence-electron chi connectivity index (χ3n) is 4.02. The quantitative estimate of drug-likeness (QED) is 0.764. The van der Waals surface area contributed by atoms with Gasteiger partial charge in [0, 0.05) is 12.6 Å². The number of fused-ring (bicyclic) bond motifs is 1. The molecule has 3 rings (SSSR count). The highest BCUT2D eigenvalue weighted by Crippen LogP contribution is 2.25. The van der Waals surface area contributed by atoms with E-state index in [1.54, 1.807) is 0 Å². The molecule has 1 saturated carbocycles. The Bertz CT molecular complexity index is 454. The summed E-state index contributed by atoms with van der Waals surface area (Å²) in [7, 11) is 0. The van der Waals surface area contributed by atoms with Crippen molar-refractivity contribution in [1.82, 2.24) is 5.32 Å². The largest absolute Gasteiger partial charge is 0.381 e. The van der Waals surface area contributed by atoms with Crippen LogP contribution in [0.2, 0.25) is 0 Å². The molecular weight excluding hydrogens is 238 g/mol. The zero-order chi connectivity index (χ0) is 13.1. The molecule has 19 heavy (non-hydrogen) atoms. The van der Waals surface area contributed by atoms with Crippen LogP contribution < -0.4 is 16.0 Å². The minimum Gasteiger partial charge on any atom is -0.381 e. The number of benzene rings is 1. The highest BCUT2D eigenvalue weighted by molar-refractivity contribution is 5.88. The minimum absolute atomic E-state index is 0.119. The molecule has 1 unspecified atom stereocenters. The third-order valence-corrected chi connectivity index (χ3v) is 4.02. The molecule has 1 amide bonds. The monoisotopic (exact) mass is 259 g/mol. The molecule has 0 spiro atoms. The van der Waals surface area contributed by atoms with Crippen LogP contribution in [0.5, 0.6) is 0 Å². The van der Waals surface area contributed by atoms with Gasteiger partial charge < -0.3 is 16.0 Å². The molecule has 2 aliphatic rings. The summed E-state index contributed by atoms with van der Waals surface area (Å²) >= 11 is 0. The van der Waals surface area contributed by atoms with Crippen LogP contribution in [0.25, 0.3) is 0 Å². The van der Waals surface area contributed by atoms with E-state index < -0.39 is 0 Å². The van der Waals surface area contributed by atoms with Crippen molar-refractivity contribution in [3.05, 3.63) is 24.3 Å². The highest BCUT2D eigenvalue weighted by atomic mass is 16.2. The maximum Gasteiger partial charge on any atom is 0.244 e. The van der Waals surface area contributed by atoms with Crippen molar-refractivity contribution in [2.24, 2.45) is 0 Å². The predicted molar refractivity (Wildman–Crippen MR) is 77.4 cm³/mol. The number of para-hydroxylation sites is 2. The van der Waals surface area contributed by atoms with Gasteiger partial charge in [-0.25, -0.2) is 0 Å². The second-order valence-electron chi connectivity index (χ2n) is 5.47. The first-order valence-electron chi connectivity index (χ1n) is 7.23. The normalized spacial score (nSPS) is 22.8. The molecule has 0 aromatic heterocycles. The van der Waals surface area contributed by atoms with E-state index in [2.05, 4.69) is 16.0 Å². The summed E-state index contributed by atoms with van der Waals surface area (Å²) in [6.45, 7) is 0.648. The fraction of sp³-hybridized carbons (Fsp3) is 0.533. The Balaban J connectivity index is 1.59. The van der Waals surface area contributed by atoms with Crippen molar-refractivity contribution in [2.45, 2.75) is 44.2 Å². The Morgan fingerprint density at radius 2 is 1.84 bits per heavy atom. The highest BCUT2D eigenvalue weighted by Gasteiger charge is 2.25. The number of hydrogen-bond acceptors (Lipinski definition) is 3. The van der Waals surface area contributed by atoms with Gasteiger partial charge in [0.25, 0.3) is 0 Å². The first kappa shape index (κ1) is 12.3. The summed E-state index contributed by atoms with van der Waals surface area (Å²) in [4.78, 5) is 12.3. The first-order chi connectivity index (χ1) is 9.33. The molecule has 1 aliphatic carbocycles. The van der Waals surface area contributed by atoms with Crippen LogP contribution in [0.4, 0.5) is 11.4 Å². The van der Waals surface area contributed by atoms with Crippen LogP contribution >= 0.6 is 0 Å². The Morgan fingerprint density at radius 3 is 2.63 bits per heavy atom. The third kappa shape index (κ3) is 2.83. The minimum atomic E-state index is -0.170. The molecule has 3 N–H and O–H groups in total. The molecule has 0 saturated heterocycles. The second-order valence-corrected chi connectivity index (χ2v) is 5.47. The predicted octanol–water partition coefficient (Wildman–Crippen LogP) is 2.34. The molecular formula is C15H21N3O. The van der Waals surface area contributed by atoms with Crippen LogP contribution in [0.3, 0.4) is 0 Å². The zero-order valence-electron chi connectivity index (χ0n) is 11.1.